The van der Waals surface area contributed by atoms with Gasteiger partial charge in [-0.25, -0.2) is 0 Å². The second-order valence-corrected chi connectivity index (χ2v) is 0.204. The van der Waals surface area contributed by atoms with E-state index in [0.717, 1.165) is 0 Å². The summed E-state index contributed by atoms with van der Waals surface area (Å²) in [4.78, 5) is 0. The summed E-state index contributed by atoms with van der Waals surface area (Å²) < 4.78 is 16.6. The Morgan fingerprint density at radius 3 is 1.25 bits per heavy atom. The maximum absolute atomic E-state index is 8.29. The van der Waals surface area contributed by atoms with Crippen LogP contribution in [0, 0.1) is 0 Å². The normalized spacial score (nSPS) is 4.50. The molecule has 0 aromatic heterocycles. The predicted octanol–water partition coefficient (Wildman–Crippen LogP) is -0.0221. The van der Waals surface area contributed by atoms with Crippen LogP contribution in [-0.4, -0.2) is 9.11 Å². The Balaban J connectivity index is 0. The van der Waals surface area contributed by atoms with Crippen LogP contribution in [0.3, 0.4) is 0 Å². The molecule has 0 aromatic carbocycles. The van der Waals surface area contributed by atoms with E-state index in [2.05, 4.69) is 0 Å². The van der Waals surface area contributed by atoms with Crippen molar-refractivity contribution in [2.45, 2.75) is 0 Å². The van der Waals surface area contributed by atoms with Crippen LogP contribution < -0.4 is 0 Å². The largest absolute Gasteiger partial charge is 2.00 e. The minimum atomic E-state index is -0.750. The molecule has 0 bridgehead atoms. The van der Waals surface area contributed by atoms with Crippen LogP contribution in [-0.2, 0) is 16.8 Å². The third-order valence-corrected chi connectivity index (χ3v) is 0. The molecule has 0 unspecified atom stereocenters. The Bertz CT molecular complexity index is 6.00. The van der Waals surface area contributed by atoms with E-state index < -0.39 is 12.3 Å². The van der Waals surface area contributed by atoms with Crippen molar-refractivity contribution in [2.75, 3.05) is 0 Å². The van der Waals surface area contributed by atoms with Crippen molar-refractivity contribution in [3.8, 4) is 0 Å². The summed E-state index contributed by atoms with van der Waals surface area (Å²) in [5.74, 6) is 0. The average molecular weight is 123 g/mol. The maximum Gasteiger partial charge on any atom is 2.00 e. The zero-order chi connectivity index (χ0) is 2.71. The Morgan fingerprint density at radius 2 is 1.25 bits per heavy atom. The molecule has 0 saturated heterocycles. The third kappa shape index (κ3) is 14.5. The fraction of sp³-hybridized carbons (Fsp3) is 0. The SMILES string of the molecule is [Co+2].[O-]S[O-]. The first-order chi connectivity index (χ1) is 1.41. The van der Waals surface area contributed by atoms with E-state index in [0.29, 0.717) is 0 Å². The van der Waals surface area contributed by atoms with Crippen LogP contribution in [0.1, 0.15) is 0 Å². The van der Waals surface area contributed by atoms with Crippen LogP contribution in [0.25, 0.3) is 0 Å². The number of rotatable bonds is 0. The molecule has 2 nitrogen and oxygen atoms in total. The van der Waals surface area contributed by atoms with Gasteiger partial charge in [0.2, 0.25) is 0 Å². The van der Waals surface area contributed by atoms with Crippen LogP contribution in [0.4, 0.5) is 0 Å². The molecule has 0 aliphatic carbocycles. The fourth-order valence-corrected chi connectivity index (χ4v) is 0. The molecule has 1 radical (unpaired) electrons. The van der Waals surface area contributed by atoms with Gasteiger partial charge in [-0.05, 0) is 0 Å². The smallest absolute Gasteiger partial charge is 0.811 e. The number of hydrogen-bond acceptors (Lipinski definition) is 3. The molecule has 0 N–H and O–H groups in total. The Labute approximate surface area is 38.8 Å². The van der Waals surface area contributed by atoms with Crippen molar-refractivity contribution >= 4 is 12.3 Å². The molecular formula is CoO2S. The molecule has 0 atom stereocenters. The Kier molecular flexibility index (Phi) is 20.4. The average Bonchev–Trinajstić information content (AvgIpc) is 0.918. The van der Waals surface area contributed by atoms with E-state index in [1.165, 1.54) is 0 Å². The van der Waals surface area contributed by atoms with Gasteiger partial charge in [-0.15, -0.1) is 0 Å². The molecule has 27 valence electrons. The first-order valence-electron chi connectivity index (χ1n) is 0.333. The second-order valence-electron chi connectivity index (χ2n) is 0.0680. The standard InChI is InChI=1S/Co.H2O2S/c;1-3-2/h;1-2H/q+2;/p-2. The topological polar surface area (TPSA) is 46.1 Å². The van der Waals surface area contributed by atoms with Gasteiger partial charge in [0.1, 0.15) is 0 Å². The molecule has 0 fully saturated rings. The molecule has 0 rings (SSSR count). The number of hydrogen-bond donors (Lipinski definition) is 0. The van der Waals surface area contributed by atoms with Crippen LogP contribution >= 0.6 is 12.3 Å². The van der Waals surface area contributed by atoms with E-state index in [9.17, 15) is 0 Å². The van der Waals surface area contributed by atoms with Crippen molar-refractivity contribution < 1.29 is 25.9 Å². The van der Waals surface area contributed by atoms with E-state index in [4.69, 9.17) is 9.11 Å². The van der Waals surface area contributed by atoms with Crippen LogP contribution in [0.15, 0.2) is 0 Å². The molecule has 0 aliphatic rings. The molecule has 0 saturated carbocycles. The Morgan fingerprint density at radius 1 is 1.25 bits per heavy atom. The molecule has 4 heavy (non-hydrogen) atoms. The van der Waals surface area contributed by atoms with Crippen molar-refractivity contribution in [2.24, 2.45) is 0 Å². The molecule has 0 heterocycles. The van der Waals surface area contributed by atoms with Gasteiger partial charge >= 0.3 is 16.8 Å². The summed E-state index contributed by atoms with van der Waals surface area (Å²) in [6.45, 7) is 0. The minimum Gasteiger partial charge on any atom is -0.811 e. The molecule has 4 heteroatoms. The maximum atomic E-state index is 8.29. The molecule has 0 spiro atoms. The van der Waals surface area contributed by atoms with Gasteiger partial charge in [0.15, 0.2) is 0 Å². The fourth-order valence-electron chi connectivity index (χ4n) is 0. The molecule has 0 aliphatic heterocycles. The monoisotopic (exact) mass is 123 g/mol. The predicted molar refractivity (Wildman–Crippen MR) is 9.15 cm³/mol. The van der Waals surface area contributed by atoms with Gasteiger partial charge in [0, 0.05) is 0 Å². The molecular weight excluding hydrogens is 123 g/mol. The first kappa shape index (κ1) is 8.84. The second kappa shape index (κ2) is 9.22. The van der Waals surface area contributed by atoms with Crippen molar-refractivity contribution in [3.05, 3.63) is 0 Å². The summed E-state index contributed by atoms with van der Waals surface area (Å²) in [7, 11) is 0. The van der Waals surface area contributed by atoms with Crippen LogP contribution in [0.2, 0.25) is 0 Å². The quantitative estimate of drug-likeness (QED) is 0.425. The summed E-state index contributed by atoms with van der Waals surface area (Å²) in [5, 5.41) is 0. The first-order valence-corrected chi connectivity index (χ1v) is 1.00. The summed E-state index contributed by atoms with van der Waals surface area (Å²) >= 11 is -0.750. The van der Waals surface area contributed by atoms with E-state index >= 15 is 0 Å². The molecule has 0 amide bonds. The van der Waals surface area contributed by atoms with Crippen molar-refractivity contribution in [1.82, 2.24) is 0 Å². The van der Waals surface area contributed by atoms with Gasteiger partial charge in [0.25, 0.3) is 0 Å². The summed E-state index contributed by atoms with van der Waals surface area (Å²) in [5.41, 5.74) is 0. The van der Waals surface area contributed by atoms with E-state index in [1.807, 2.05) is 0 Å². The van der Waals surface area contributed by atoms with E-state index in [-0.39, 0.29) is 16.8 Å². The van der Waals surface area contributed by atoms with Crippen molar-refractivity contribution in [3.63, 3.8) is 0 Å². The van der Waals surface area contributed by atoms with Crippen LogP contribution in [0.5, 0.6) is 0 Å². The van der Waals surface area contributed by atoms with Gasteiger partial charge in [-0.2, -0.15) is 0 Å². The zero-order valence-electron chi connectivity index (χ0n) is 1.56. The van der Waals surface area contributed by atoms with Gasteiger partial charge < -0.3 is 21.4 Å². The summed E-state index contributed by atoms with van der Waals surface area (Å²) in [6, 6.07) is 0. The third-order valence-electron chi connectivity index (χ3n) is 0. The van der Waals surface area contributed by atoms with Gasteiger partial charge in [-0.3, -0.25) is 0 Å². The minimum absolute atomic E-state index is 0. The van der Waals surface area contributed by atoms with E-state index in [1.54, 1.807) is 0 Å². The summed E-state index contributed by atoms with van der Waals surface area (Å²) in [6.07, 6.45) is 0. The molecule has 0 aromatic rings. The zero-order valence-corrected chi connectivity index (χ0v) is 3.42. The van der Waals surface area contributed by atoms with Gasteiger partial charge in [0.05, 0.1) is 0 Å². The van der Waals surface area contributed by atoms with Crippen molar-refractivity contribution in [1.29, 1.82) is 0 Å². The Hall–Kier alpha value is 0.776. The van der Waals surface area contributed by atoms with Gasteiger partial charge in [-0.1, -0.05) is 0 Å².